The molecule has 0 rings (SSSR count). The van der Waals surface area contributed by atoms with Gasteiger partial charge in [0.15, 0.2) is 50.4 Å². The number of halogens is 9. The Bertz CT molecular complexity index is 752. The maximum absolute atomic E-state index is 11.4. The zero-order chi connectivity index (χ0) is 25.8. The Balaban J connectivity index is -0.000000101. The quantitative estimate of drug-likeness (QED) is 0.230. The average Bonchev–Trinajstić information content (AvgIpc) is 2.53. The van der Waals surface area contributed by atoms with Gasteiger partial charge in [0.1, 0.15) is 0 Å². The summed E-state index contributed by atoms with van der Waals surface area (Å²) < 4.78 is 185. The van der Waals surface area contributed by atoms with E-state index in [0.717, 1.165) is 0 Å². The van der Waals surface area contributed by atoms with E-state index in [9.17, 15) is 78.4 Å². The van der Waals surface area contributed by atoms with Gasteiger partial charge in [-0.3, -0.25) is 0 Å². The maximum atomic E-state index is 11.4. The van der Waals surface area contributed by atoms with E-state index in [0.29, 0.717) is 0 Å². The van der Waals surface area contributed by atoms with Crippen LogP contribution >= 0.6 is 0 Å². The minimum absolute atomic E-state index is 0. The monoisotopic (exact) mass is 632 g/mol. The van der Waals surface area contributed by atoms with E-state index in [4.69, 9.17) is 5.26 Å². The molecule has 0 aliphatic carbocycles. The Hall–Kier alpha value is -0.787. The molecule has 0 saturated carbocycles. The second kappa shape index (κ2) is 15.1. The molecule has 0 N–H and O–H groups in total. The number of rotatable bonds is 6. The minimum atomic E-state index is -5.81. The van der Waals surface area contributed by atoms with E-state index in [1.54, 1.807) is 6.07 Å². The van der Waals surface area contributed by atoms with Crippen LogP contribution in [0.5, 0.6) is 0 Å². The standard InChI is InChI=1S/3C2H3F3O3S.C2H3N.Ru/c3*3-1-2(4,5)9(6,7)8;1-2-3;/h3*1H2,(H,6,7,8);1H3;/q;;;;+3/p-3. The number of nitriles is 1. The second-order valence-electron chi connectivity index (χ2n) is 3.90. The van der Waals surface area contributed by atoms with Crippen LogP contribution < -0.4 is 0 Å². The molecule has 1 radical (unpaired) electrons. The number of alkyl halides is 9. The smallest absolute Gasteiger partial charge is 0.743 e. The molecule has 0 aromatic carbocycles. The summed E-state index contributed by atoms with van der Waals surface area (Å²) in [4.78, 5) is 0. The van der Waals surface area contributed by atoms with Crippen molar-refractivity contribution in [3.05, 3.63) is 0 Å². The van der Waals surface area contributed by atoms with Crippen LogP contribution in [0, 0.1) is 11.3 Å². The van der Waals surface area contributed by atoms with Gasteiger partial charge in [-0.1, -0.05) is 0 Å². The summed E-state index contributed by atoms with van der Waals surface area (Å²) in [5.41, 5.74) is 0. The SMILES string of the molecule is CC#N.O=S(=O)([O-])C(F)(F)CF.O=S(=O)([O-])C(F)(F)CF.O=S(=O)([O-])C(F)(F)CF.[Ru+3]. The van der Waals surface area contributed by atoms with Crippen molar-refractivity contribution in [3.63, 3.8) is 0 Å². The van der Waals surface area contributed by atoms with E-state index in [-0.39, 0.29) is 19.5 Å². The normalized spacial score (nSPS) is 12.3. The van der Waals surface area contributed by atoms with Crippen molar-refractivity contribution >= 4 is 30.4 Å². The fourth-order valence-electron chi connectivity index (χ4n) is 0.200. The maximum Gasteiger partial charge on any atom is 3.00 e. The molecule has 23 heteroatoms. The molecule has 31 heavy (non-hydrogen) atoms. The predicted octanol–water partition coefficient (Wildman–Crippen LogP) is 0.809. The second-order valence-corrected chi connectivity index (χ2v) is 8.42. The van der Waals surface area contributed by atoms with Gasteiger partial charge in [0, 0.05) is 6.92 Å². The van der Waals surface area contributed by atoms with Crippen molar-refractivity contribution in [3.8, 4) is 6.07 Å². The molecule has 0 aliphatic heterocycles. The van der Waals surface area contributed by atoms with Crippen molar-refractivity contribution < 1.29 is 97.9 Å². The van der Waals surface area contributed by atoms with Gasteiger partial charge in [0.25, 0.3) is 0 Å². The van der Waals surface area contributed by atoms with E-state index in [2.05, 4.69) is 0 Å². The fourth-order valence-corrected chi connectivity index (χ4v) is 0.601. The van der Waals surface area contributed by atoms with Crippen molar-refractivity contribution in [1.82, 2.24) is 0 Å². The van der Waals surface area contributed by atoms with Crippen LogP contribution in [-0.4, -0.2) is 74.7 Å². The number of hydrogen-bond acceptors (Lipinski definition) is 10. The number of hydrogen-bond donors (Lipinski definition) is 0. The zero-order valence-corrected chi connectivity index (χ0v) is 18.4. The van der Waals surface area contributed by atoms with Crippen LogP contribution in [0.25, 0.3) is 0 Å². The van der Waals surface area contributed by atoms with Gasteiger partial charge in [-0.2, -0.15) is 31.6 Å². The topological polar surface area (TPSA) is 195 Å². The van der Waals surface area contributed by atoms with E-state index < -0.39 is 66.1 Å². The van der Waals surface area contributed by atoms with Crippen LogP contribution in [0.4, 0.5) is 39.5 Å². The summed E-state index contributed by atoms with van der Waals surface area (Å²) in [5.74, 6) is 0. The molecular weight excluding hydrogens is 622 g/mol. The van der Waals surface area contributed by atoms with E-state index in [1.807, 2.05) is 0 Å². The Labute approximate surface area is 182 Å². The third kappa shape index (κ3) is 17.4. The molecule has 0 amide bonds. The first-order valence-corrected chi connectivity index (χ1v) is 10.1. The summed E-state index contributed by atoms with van der Waals surface area (Å²) in [6.45, 7) is -5.99. The fraction of sp³-hybridized carbons (Fsp3) is 0.875. The summed E-state index contributed by atoms with van der Waals surface area (Å²) in [6, 6.07) is 1.75. The Morgan fingerprint density at radius 1 is 0.645 bits per heavy atom. The predicted molar refractivity (Wildman–Crippen MR) is 73.1 cm³/mol. The van der Waals surface area contributed by atoms with E-state index >= 15 is 0 Å². The molecule has 10 nitrogen and oxygen atoms in total. The largest absolute Gasteiger partial charge is 3.00 e. The molecule has 0 unspecified atom stereocenters. The first-order valence-electron chi connectivity index (χ1n) is 5.83. The Kier molecular flexibility index (Phi) is 19.8. The van der Waals surface area contributed by atoms with Gasteiger partial charge in [0.05, 0.1) is 6.07 Å². The summed E-state index contributed by atoms with van der Waals surface area (Å²) in [5, 5.41) is -6.99. The van der Waals surface area contributed by atoms with Crippen LogP contribution in [0.3, 0.4) is 0 Å². The molecule has 0 bridgehead atoms. The van der Waals surface area contributed by atoms with Crippen molar-refractivity contribution in [2.24, 2.45) is 0 Å². The molecule has 0 spiro atoms. The molecule has 0 aliphatic rings. The third-order valence-corrected chi connectivity index (χ3v) is 4.09. The van der Waals surface area contributed by atoms with Gasteiger partial charge in [-0.05, 0) is 0 Å². The van der Waals surface area contributed by atoms with Crippen molar-refractivity contribution in [2.45, 2.75) is 22.7 Å². The Morgan fingerprint density at radius 3 is 0.742 bits per heavy atom. The van der Waals surface area contributed by atoms with Gasteiger partial charge in [-0.25, -0.2) is 38.4 Å². The molecule has 0 saturated heterocycles. The summed E-state index contributed by atoms with van der Waals surface area (Å²) >= 11 is 0. The van der Waals surface area contributed by atoms with Gasteiger partial charge in [-0.15, -0.1) is 0 Å². The minimum Gasteiger partial charge on any atom is -0.743 e. The first kappa shape index (κ1) is 40.6. The summed E-state index contributed by atoms with van der Waals surface area (Å²) in [7, 11) is -17.4. The Morgan fingerprint density at radius 2 is 0.742 bits per heavy atom. The average molecular weight is 631 g/mol. The molecule has 189 valence electrons. The van der Waals surface area contributed by atoms with Crippen LogP contribution in [0.15, 0.2) is 0 Å². The molecular formula is C8H9F9NO9RuS3. The van der Waals surface area contributed by atoms with E-state index in [1.165, 1.54) is 6.92 Å². The molecule has 0 fully saturated rings. The third-order valence-electron chi connectivity index (χ3n) is 1.56. The number of nitrogens with zero attached hydrogens (tertiary/aromatic N) is 1. The summed E-state index contributed by atoms with van der Waals surface area (Å²) in [6.07, 6.45) is 0. The molecule has 0 aromatic heterocycles. The first-order chi connectivity index (χ1) is 12.8. The molecule has 0 heterocycles. The van der Waals surface area contributed by atoms with Crippen LogP contribution in [0.1, 0.15) is 6.92 Å². The van der Waals surface area contributed by atoms with Crippen molar-refractivity contribution in [2.75, 3.05) is 20.0 Å². The van der Waals surface area contributed by atoms with Gasteiger partial charge >= 0.3 is 35.2 Å². The molecule has 0 atom stereocenters. The van der Waals surface area contributed by atoms with Gasteiger partial charge in [0.2, 0.25) is 0 Å². The van der Waals surface area contributed by atoms with Gasteiger partial charge < -0.3 is 13.7 Å². The van der Waals surface area contributed by atoms with Crippen LogP contribution in [-0.2, 0) is 49.8 Å². The zero-order valence-electron chi connectivity index (χ0n) is 14.2. The van der Waals surface area contributed by atoms with Crippen LogP contribution in [0.2, 0.25) is 0 Å². The molecule has 0 aromatic rings. The van der Waals surface area contributed by atoms with Crippen molar-refractivity contribution in [1.29, 1.82) is 5.26 Å².